The summed E-state index contributed by atoms with van der Waals surface area (Å²) in [6.07, 6.45) is 0.757. The van der Waals surface area contributed by atoms with Gasteiger partial charge in [0, 0.05) is 6.42 Å². The molecule has 1 atom stereocenters. The fourth-order valence-electron chi connectivity index (χ4n) is 2.43. The number of fused-ring (bicyclic) bond motifs is 1. The summed E-state index contributed by atoms with van der Waals surface area (Å²) in [5.41, 5.74) is 4.49. The van der Waals surface area contributed by atoms with E-state index in [9.17, 15) is 5.02 Å². The first-order valence-corrected chi connectivity index (χ1v) is 6.22. The zero-order valence-electron chi connectivity index (χ0n) is 10.3. The van der Waals surface area contributed by atoms with Crippen LogP contribution in [0.4, 0.5) is 0 Å². The highest BCUT2D eigenvalue weighted by atomic mass is 16.5. The molecule has 0 radical (unpaired) electrons. The molecule has 0 fully saturated rings. The van der Waals surface area contributed by atoms with Crippen LogP contribution in [0.2, 0.25) is 0 Å². The zero-order chi connectivity index (χ0) is 12.5. The third kappa shape index (κ3) is 2.07. The fourth-order valence-corrected chi connectivity index (χ4v) is 2.43. The highest BCUT2D eigenvalue weighted by Gasteiger charge is 2.34. The van der Waals surface area contributed by atoms with Crippen molar-refractivity contribution in [3.05, 3.63) is 65.2 Å². The summed E-state index contributed by atoms with van der Waals surface area (Å²) in [5, 5.41) is 9.85. The van der Waals surface area contributed by atoms with Crippen LogP contribution in [-0.4, -0.2) is 12.1 Å². The normalized spacial score (nSPS) is 17.9. The molecule has 2 aromatic carbocycles. The van der Waals surface area contributed by atoms with Crippen molar-refractivity contribution in [2.45, 2.75) is 19.4 Å². The molecule has 0 saturated heterocycles. The summed E-state index contributed by atoms with van der Waals surface area (Å²) >= 11 is 0. The Morgan fingerprint density at radius 3 is 2.61 bits per heavy atom. The summed E-state index contributed by atoms with van der Waals surface area (Å²) in [7, 11) is -0.781. The molecular formula is C15H15BO2. The Hall–Kier alpha value is -1.58. The Labute approximate surface area is 107 Å². The van der Waals surface area contributed by atoms with Crippen LogP contribution in [0, 0.1) is 6.92 Å². The maximum atomic E-state index is 9.85. The van der Waals surface area contributed by atoms with Gasteiger partial charge in [0.1, 0.15) is 0 Å². The first kappa shape index (κ1) is 11.5. The van der Waals surface area contributed by atoms with Crippen molar-refractivity contribution in [2.75, 3.05) is 0 Å². The minimum Gasteiger partial charge on any atom is -0.423 e. The summed E-state index contributed by atoms with van der Waals surface area (Å²) < 4.78 is 5.62. The van der Waals surface area contributed by atoms with E-state index in [1.165, 1.54) is 11.1 Å². The number of hydrogen-bond donors (Lipinski definition) is 1. The van der Waals surface area contributed by atoms with Crippen molar-refractivity contribution in [2.24, 2.45) is 0 Å². The second-order valence-corrected chi connectivity index (χ2v) is 4.80. The number of benzene rings is 2. The van der Waals surface area contributed by atoms with Crippen molar-refractivity contribution in [3.63, 3.8) is 0 Å². The average molecular weight is 238 g/mol. The van der Waals surface area contributed by atoms with Crippen LogP contribution in [-0.2, 0) is 11.1 Å². The van der Waals surface area contributed by atoms with Gasteiger partial charge in [-0.2, -0.15) is 0 Å². The maximum absolute atomic E-state index is 9.85. The topological polar surface area (TPSA) is 29.5 Å². The average Bonchev–Trinajstić information content (AvgIpc) is 2.70. The minimum absolute atomic E-state index is 0.0427. The first-order valence-electron chi connectivity index (χ1n) is 6.22. The standard InChI is InChI=1S/C15H15BO2/c1-11-6-8-12(9-7-11)10-15-13-4-2-3-5-14(13)16(17)18-15/h2-9,15,17H,10H2,1H3. The van der Waals surface area contributed by atoms with E-state index in [1.807, 2.05) is 24.3 Å². The lowest BCUT2D eigenvalue weighted by molar-refractivity contribution is 0.191. The monoisotopic (exact) mass is 238 g/mol. The van der Waals surface area contributed by atoms with E-state index in [0.717, 1.165) is 17.4 Å². The van der Waals surface area contributed by atoms with Gasteiger partial charge in [0.2, 0.25) is 0 Å². The smallest absolute Gasteiger partial charge is 0.423 e. The van der Waals surface area contributed by atoms with Crippen molar-refractivity contribution in [1.29, 1.82) is 0 Å². The van der Waals surface area contributed by atoms with E-state index in [-0.39, 0.29) is 6.10 Å². The molecule has 0 bridgehead atoms. The third-order valence-corrected chi connectivity index (χ3v) is 3.44. The van der Waals surface area contributed by atoms with Crippen LogP contribution in [0.1, 0.15) is 22.8 Å². The molecule has 0 aromatic heterocycles. The quantitative estimate of drug-likeness (QED) is 0.811. The van der Waals surface area contributed by atoms with E-state index >= 15 is 0 Å². The van der Waals surface area contributed by atoms with Crippen LogP contribution in [0.3, 0.4) is 0 Å². The van der Waals surface area contributed by atoms with E-state index in [4.69, 9.17) is 4.65 Å². The second kappa shape index (κ2) is 4.60. The molecule has 0 spiro atoms. The fraction of sp³-hybridized carbons (Fsp3) is 0.200. The molecule has 3 rings (SSSR count). The van der Waals surface area contributed by atoms with Crippen molar-refractivity contribution in [3.8, 4) is 0 Å². The second-order valence-electron chi connectivity index (χ2n) is 4.80. The van der Waals surface area contributed by atoms with Crippen molar-refractivity contribution in [1.82, 2.24) is 0 Å². The molecule has 1 aliphatic rings. The van der Waals surface area contributed by atoms with Gasteiger partial charge >= 0.3 is 7.12 Å². The zero-order valence-corrected chi connectivity index (χ0v) is 10.3. The van der Waals surface area contributed by atoms with E-state index < -0.39 is 7.12 Å². The van der Waals surface area contributed by atoms with Gasteiger partial charge in [-0.25, -0.2) is 0 Å². The van der Waals surface area contributed by atoms with Crippen LogP contribution in [0.15, 0.2) is 48.5 Å². The van der Waals surface area contributed by atoms with Gasteiger partial charge in [0.15, 0.2) is 0 Å². The molecule has 2 nitrogen and oxygen atoms in total. The number of rotatable bonds is 2. The van der Waals surface area contributed by atoms with Gasteiger partial charge in [-0.3, -0.25) is 0 Å². The van der Waals surface area contributed by atoms with Crippen LogP contribution in [0.25, 0.3) is 0 Å². The molecule has 0 amide bonds. The lowest BCUT2D eigenvalue weighted by Crippen LogP contribution is -2.27. The molecule has 90 valence electrons. The molecule has 3 heteroatoms. The highest BCUT2D eigenvalue weighted by Crippen LogP contribution is 2.26. The van der Waals surface area contributed by atoms with Crippen LogP contribution < -0.4 is 5.46 Å². The van der Waals surface area contributed by atoms with Gasteiger partial charge in [0.25, 0.3) is 0 Å². The van der Waals surface area contributed by atoms with Gasteiger partial charge < -0.3 is 9.68 Å². The molecule has 0 saturated carbocycles. The van der Waals surface area contributed by atoms with E-state index in [0.29, 0.717) is 0 Å². The predicted molar refractivity (Wildman–Crippen MR) is 72.8 cm³/mol. The van der Waals surface area contributed by atoms with Gasteiger partial charge in [-0.15, -0.1) is 0 Å². The Kier molecular flexibility index (Phi) is 2.94. The molecule has 18 heavy (non-hydrogen) atoms. The minimum atomic E-state index is -0.781. The largest absolute Gasteiger partial charge is 0.491 e. The summed E-state index contributed by atoms with van der Waals surface area (Å²) in [4.78, 5) is 0. The van der Waals surface area contributed by atoms with Crippen molar-refractivity contribution < 1.29 is 9.68 Å². The molecule has 1 unspecified atom stereocenters. The molecule has 1 heterocycles. The van der Waals surface area contributed by atoms with Gasteiger partial charge in [0.05, 0.1) is 6.10 Å². The first-order chi connectivity index (χ1) is 8.74. The van der Waals surface area contributed by atoms with Crippen LogP contribution in [0.5, 0.6) is 0 Å². The van der Waals surface area contributed by atoms with E-state index in [2.05, 4.69) is 31.2 Å². The van der Waals surface area contributed by atoms with E-state index in [1.54, 1.807) is 0 Å². The maximum Gasteiger partial charge on any atom is 0.491 e. The Morgan fingerprint density at radius 1 is 1.11 bits per heavy atom. The van der Waals surface area contributed by atoms with Gasteiger partial charge in [-0.1, -0.05) is 54.1 Å². The SMILES string of the molecule is Cc1ccc(CC2OB(O)c3ccccc32)cc1. The lowest BCUT2D eigenvalue weighted by atomic mass is 9.79. The van der Waals surface area contributed by atoms with Crippen molar-refractivity contribution >= 4 is 12.6 Å². The Balaban J connectivity index is 1.85. The summed E-state index contributed by atoms with van der Waals surface area (Å²) in [5.74, 6) is 0. The third-order valence-electron chi connectivity index (χ3n) is 3.44. The highest BCUT2D eigenvalue weighted by molar-refractivity contribution is 6.61. The Morgan fingerprint density at radius 2 is 1.83 bits per heavy atom. The molecule has 1 aliphatic heterocycles. The Bertz CT molecular complexity index is 551. The summed E-state index contributed by atoms with van der Waals surface area (Å²) in [6, 6.07) is 16.3. The van der Waals surface area contributed by atoms with Crippen LogP contribution >= 0.6 is 0 Å². The summed E-state index contributed by atoms with van der Waals surface area (Å²) in [6.45, 7) is 2.08. The van der Waals surface area contributed by atoms with Gasteiger partial charge in [-0.05, 0) is 23.5 Å². The lowest BCUT2D eigenvalue weighted by Gasteiger charge is -2.12. The molecule has 1 N–H and O–H groups in total. The number of hydrogen-bond acceptors (Lipinski definition) is 2. The predicted octanol–water partition coefficient (Wildman–Crippen LogP) is 2.00. The number of aryl methyl sites for hydroxylation is 1. The molecular weight excluding hydrogens is 223 g/mol. The molecule has 0 aliphatic carbocycles. The molecule has 2 aromatic rings.